The van der Waals surface area contributed by atoms with Crippen molar-refractivity contribution in [3.63, 3.8) is 0 Å². The third-order valence-electron chi connectivity index (χ3n) is 2.53. The number of halogens is 1. The van der Waals surface area contributed by atoms with Crippen LogP contribution in [-0.2, 0) is 4.79 Å². The summed E-state index contributed by atoms with van der Waals surface area (Å²) in [6.45, 7) is 1.58. The number of aromatic nitrogens is 2. The van der Waals surface area contributed by atoms with Crippen LogP contribution >= 0.6 is 11.6 Å². The number of rotatable bonds is 3. The van der Waals surface area contributed by atoms with E-state index in [0.29, 0.717) is 5.02 Å². The summed E-state index contributed by atoms with van der Waals surface area (Å²) in [5.41, 5.74) is 1.83. The van der Waals surface area contributed by atoms with Crippen molar-refractivity contribution >= 4 is 17.6 Å². The summed E-state index contributed by atoms with van der Waals surface area (Å²) in [5, 5.41) is 13.6. The van der Waals surface area contributed by atoms with E-state index >= 15 is 0 Å². The maximum absolute atomic E-state index is 10.8. The normalized spacial score (nSPS) is 12.4. The minimum Gasteiger partial charge on any atom is -0.480 e. The van der Waals surface area contributed by atoms with Gasteiger partial charge in [-0.2, -0.15) is 5.10 Å². The highest BCUT2D eigenvalue weighted by Crippen LogP contribution is 2.21. The van der Waals surface area contributed by atoms with Crippen molar-refractivity contribution in [1.29, 1.82) is 0 Å². The van der Waals surface area contributed by atoms with E-state index in [4.69, 9.17) is 16.7 Å². The standard InChI is InChI=1S/C12H11ClN2O2/c1-8(12(16)17)15-7-10(6-14-15)9-2-4-11(13)5-3-9/h2-8H,1H3,(H,16,17)/t8-/m1/s1. The Bertz CT molecular complexity index is 534. The van der Waals surface area contributed by atoms with Crippen LogP contribution in [0, 0.1) is 0 Å². The Labute approximate surface area is 103 Å². The molecule has 4 nitrogen and oxygen atoms in total. The van der Waals surface area contributed by atoms with Crippen LogP contribution < -0.4 is 0 Å². The molecular weight excluding hydrogens is 240 g/mol. The third-order valence-corrected chi connectivity index (χ3v) is 2.79. The summed E-state index contributed by atoms with van der Waals surface area (Å²) < 4.78 is 1.42. The molecule has 0 saturated heterocycles. The lowest BCUT2D eigenvalue weighted by atomic mass is 10.1. The van der Waals surface area contributed by atoms with Crippen LogP contribution in [0.3, 0.4) is 0 Å². The largest absolute Gasteiger partial charge is 0.480 e. The van der Waals surface area contributed by atoms with Crippen molar-refractivity contribution in [2.24, 2.45) is 0 Å². The Morgan fingerprint density at radius 3 is 2.59 bits per heavy atom. The van der Waals surface area contributed by atoms with Gasteiger partial charge in [0.05, 0.1) is 6.20 Å². The lowest BCUT2D eigenvalue weighted by Gasteiger charge is -2.05. The Kier molecular flexibility index (Phi) is 3.15. The fourth-order valence-corrected chi connectivity index (χ4v) is 1.58. The average molecular weight is 251 g/mol. The van der Waals surface area contributed by atoms with Crippen LogP contribution in [0.5, 0.6) is 0 Å². The molecule has 0 aliphatic heterocycles. The van der Waals surface area contributed by atoms with Crippen LogP contribution in [0.2, 0.25) is 5.02 Å². The van der Waals surface area contributed by atoms with Gasteiger partial charge in [0.1, 0.15) is 6.04 Å². The molecule has 1 atom stereocenters. The molecule has 1 aromatic carbocycles. The number of carbonyl (C=O) groups is 1. The van der Waals surface area contributed by atoms with E-state index in [1.165, 1.54) is 4.68 Å². The molecule has 0 spiro atoms. The number of hydrogen-bond donors (Lipinski definition) is 1. The van der Waals surface area contributed by atoms with E-state index < -0.39 is 12.0 Å². The van der Waals surface area contributed by atoms with Crippen LogP contribution in [0.1, 0.15) is 13.0 Å². The maximum atomic E-state index is 10.8. The Hall–Kier alpha value is -1.81. The first kappa shape index (κ1) is 11.7. The topological polar surface area (TPSA) is 55.1 Å². The lowest BCUT2D eigenvalue weighted by Crippen LogP contribution is -2.15. The van der Waals surface area contributed by atoms with Gasteiger partial charge in [-0.3, -0.25) is 4.68 Å². The number of carboxylic acid groups (broad SMARTS) is 1. The number of carboxylic acids is 1. The fraction of sp³-hybridized carbons (Fsp3) is 0.167. The second kappa shape index (κ2) is 4.59. The molecule has 1 N–H and O–H groups in total. The average Bonchev–Trinajstić information content (AvgIpc) is 2.78. The summed E-state index contributed by atoms with van der Waals surface area (Å²) in [6.07, 6.45) is 3.35. The number of aliphatic carboxylic acids is 1. The van der Waals surface area contributed by atoms with Gasteiger partial charge in [-0.1, -0.05) is 23.7 Å². The van der Waals surface area contributed by atoms with Crippen molar-refractivity contribution < 1.29 is 9.90 Å². The first-order valence-electron chi connectivity index (χ1n) is 5.11. The van der Waals surface area contributed by atoms with Gasteiger partial charge in [-0.15, -0.1) is 0 Å². The molecular formula is C12H11ClN2O2. The highest BCUT2D eigenvalue weighted by molar-refractivity contribution is 6.30. The molecule has 1 heterocycles. The predicted octanol–water partition coefficient (Wildman–Crippen LogP) is 2.85. The first-order chi connectivity index (χ1) is 8.08. The smallest absolute Gasteiger partial charge is 0.328 e. The SMILES string of the molecule is C[C@H](C(=O)O)n1cc(-c2ccc(Cl)cc2)cn1. The number of benzene rings is 1. The van der Waals surface area contributed by atoms with Gasteiger partial charge in [0, 0.05) is 16.8 Å². The van der Waals surface area contributed by atoms with Crippen molar-refractivity contribution in [3.05, 3.63) is 41.7 Å². The van der Waals surface area contributed by atoms with Crippen LogP contribution in [0.15, 0.2) is 36.7 Å². The zero-order valence-corrected chi connectivity index (χ0v) is 9.93. The van der Waals surface area contributed by atoms with Gasteiger partial charge in [-0.05, 0) is 24.6 Å². The number of nitrogens with zero attached hydrogens (tertiary/aromatic N) is 2. The second-order valence-electron chi connectivity index (χ2n) is 3.73. The molecule has 2 aromatic rings. The van der Waals surface area contributed by atoms with E-state index in [2.05, 4.69) is 5.10 Å². The molecule has 0 bridgehead atoms. The Morgan fingerprint density at radius 2 is 2.00 bits per heavy atom. The van der Waals surface area contributed by atoms with Crippen molar-refractivity contribution in [2.45, 2.75) is 13.0 Å². The monoisotopic (exact) mass is 250 g/mol. The third kappa shape index (κ3) is 2.47. The molecule has 88 valence electrons. The van der Waals surface area contributed by atoms with Crippen molar-refractivity contribution in [2.75, 3.05) is 0 Å². The molecule has 5 heteroatoms. The van der Waals surface area contributed by atoms with Gasteiger partial charge >= 0.3 is 5.97 Å². The summed E-state index contributed by atoms with van der Waals surface area (Å²) >= 11 is 5.80. The molecule has 0 fully saturated rings. The van der Waals surface area contributed by atoms with E-state index in [1.54, 1.807) is 31.5 Å². The van der Waals surface area contributed by atoms with E-state index in [0.717, 1.165) is 11.1 Å². The Balaban J connectivity index is 2.29. The van der Waals surface area contributed by atoms with Gasteiger partial charge in [0.2, 0.25) is 0 Å². The van der Waals surface area contributed by atoms with Gasteiger partial charge < -0.3 is 5.11 Å². The Morgan fingerprint density at radius 1 is 1.35 bits per heavy atom. The summed E-state index contributed by atoms with van der Waals surface area (Å²) in [7, 11) is 0. The molecule has 1 aromatic heterocycles. The zero-order chi connectivity index (χ0) is 12.4. The fourth-order valence-electron chi connectivity index (χ4n) is 1.45. The van der Waals surface area contributed by atoms with Gasteiger partial charge in [-0.25, -0.2) is 4.79 Å². The van der Waals surface area contributed by atoms with Gasteiger partial charge in [0.25, 0.3) is 0 Å². The summed E-state index contributed by atoms with van der Waals surface area (Å²) in [4.78, 5) is 10.8. The van der Waals surface area contributed by atoms with Crippen molar-refractivity contribution in [1.82, 2.24) is 9.78 Å². The molecule has 2 rings (SSSR count). The van der Waals surface area contributed by atoms with E-state index in [-0.39, 0.29) is 0 Å². The molecule has 0 aliphatic rings. The predicted molar refractivity (Wildman–Crippen MR) is 65.0 cm³/mol. The lowest BCUT2D eigenvalue weighted by molar-refractivity contribution is -0.140. The quantitative estimate of drug-likeness (QED) is 0.911. The molecule has 0 aliphatic carbocycles. The van der Waals surface area contributed by atoms with Crippen LogP contribution in [0.4, 0.5) is 0 Å². The summed E-state index contributed by atoms with van der Waals surface area (Å²) in [5.74, 6) is -0.907. The molecule has 0 radical (unpaired) electrons. The summed E-state index contributed by atoms with van der Waals surface area (Å²) in [6, 6.07) is 6.64. The zero-order valence-electron chi connectivity index (χ0n) is 9.17. The van der Waals surface area contributed by atoms with Crippen LogP contribution in [-0.4, -0.2) is 20.9 Å². The van der Waals surface area contributed by atoms with Crippen molar-refractivity contribution in [3.8, 4) is 11.1 Å². The maximum Gasteiger partial charge on any atom is 0.328 e. The first-order valence-corrected chi connectivity index (χ1v) is 5.48. The van der Waals surface area contributed by atoms with E-state index in [9.17, 15) is 4.79 Å². The molecule has 0 saturated carbocycles. The minimum atomic E-state index is -0.907. The molecule has 0 unspecified atom stereocenters. The number of hydrogen-bond acceptors (Lipinski definition) is 2. The second-order valence-corrected chi connectivity index (χ2v) is 4.17. The highest BCUT2D eigenvalue weighted by atomic mass is 35.5. The molecule has 17 heavy (non-hydrogen) atoms. The highest BCUT2D eigenvalue weighted by Gasteiger charge is 2.14. The van der Waals surface area contributed by atoms with Crippen LogP contribution in [0.25, 0.3) is 11.1 Å². The van der Waals surface area contributed by atoms with Gasteiger partial charge in [0.15, 0.2) is 0 Å². The molecule has 0 amide bonds. The van der Waals surface area contributed by atoms with E-state index in [1.807, 2.05) is 12.1 Å². The minimum absolute atomic E-state index is 0.667.